The van der Waals surface area contributed by atoms with Gasteiger partial charge in [0.05, 0.1) is 10.9 Å². The third-order valence-electron chi connectivity index (χ3n) is 6.35. The molecule has 8 nitrogen and oxygen atoms in total. The fourth-order valence-corrected chi connectivity index (χ4v) is 4.50. The maximum Gasteiger partial charge on any atom is 0.260 e. The van der Waals surface area contributed by atoms with Gasteiger partial charge in [-0.05, 0) is 67.7 Å². The Morgan fingerprint density at radius 2 is 1.62 bits per heavy atom. The first kappa shape index (κ1) is 26.0. The number of carbonyl (C=O) groups excluding carboxylic acids is 1. The number of aromatic nitrogens is 2. The van der Waals surface area contributed by atoms with Crippen LogP contribution >= 0.6 is 24.8 Å². The minimum atomic E-state index is -0.203. The fourth-order valence-electron chi connectivity index (χ4n) is 4.50. The van der Waals surface area contributed by atoms with Crippen LogP contribution in [0.2, 0.25) is 0 Å². The monoisotopic (exact) mass is 504 g/mol. The van der Waals surface area contributed by atoms with Crippen molar-refractivity contribution < 1.29 is 4.79 Å². The Bertz CT molecular complexity index is 1170. The van der Waals surface area contributed by atoms with E-state index in [1.54, 1.807) is 18.2 Å². The van der Waals surface area contributed by atoms with E-state index in [0.717, 1.165) is 52.1 Å². The molecule has 0 atom stereocenters. The molecule has 0 unspecified atom stereocenters. The Morgan fingerprint density at radius 1 is 0.941 bits per heavy atom. The van der Waals surface area contributed by atoms with Gasteiger partial charge in [0.25, 0.3) is 11.5 Å². The molecule has 0 bridgehead atoms. The number of rotatable bonds is 4. The smallest absolute Gasteiger partial charge is 0.260 e. The van der Waals surface area contributed by atoms with Crippen molar-refractivity contribution in [3.8, 4) is 0 Å². The summed E-state index contributed by atoms with van der Waals surface area (Å²) in [7, 11) is 0. The summed E-state index contributed by atoms with van der Waals surface area (Å²) in [6.07, 6.45) is 2.25. The number of aromatic amines is 1. The van der Waals surface area contributed by atoms with E-state index in [1.807, 2.05) is 12.1 Å². The number of piperidine rings is 1. The normalized spacial score (nSPS) is 16.4. The highest BCUT2D eigenvalue weighted by molar-refractivity contribution is 6.05. The van der Waals surface area contributed by atoms with Gasteiger partial charge in [0.15, 0.2) is 0 Å². The number of halogens is 2. The molecule has 2 aliphatic rings. The number of benzene rings is 2. The van der Waals surface area contributed by atoms with Gasteiger partial charge in [0, 0.05) is 37.4 Å². The van der Waals surface area contributed by atoms with Crippen molar-refractivity contribution in [3.05, 3.63) is 63.9 Å². The molecular weight excluding hydrogens is 475 g/mol. The summed E-state index contributed by atoms with van der Waals surface area (Å²) in [6, 6.07) is 13.1. The molecule has 0 saturated carbocycles. The van der Waals surface area contributed by atoms with E-state index in [2.05, 4.69) is 43.0 Å². The molecule has 5 rings (SSSR count). The topological polar surface area (TPSA) is 102 Å². The zero-order valence-corrected chi connectivity index (χ0v) is 20.4. The van der Waals surface area contributed by atoms with E-state index in [1.165, 1.54) is 5.56 Å². The van der Waals surface area contributed by atoms with Crippen molar-refractivity contribution in [3.63, 3.8) is 0 Å². The number of H-pyrrole nitrogens is 1. The van der Waals surface area contributed by atoms with Gasteiger partial charge >= 0.3 is 0 Å². The quantitative estimate of drug-likeness (QED) is 0.435. The van der Waals surface area contributed by atoms with E-state index < -0.39 is 0 Å². The number of hydrogen-bond acceptors (Lipinski definition) is 6. The molecule has 2 saturated heterocycles. The van der Waals surface area contributed by atoms with Crippen molar-refractivity contribution in [2.24, 2.45) is 0 Å². The summed E-state index contributed by atoms with van der Waals surface area (Å²) in [5, 5.41) is 10.0. The SMILES string of the molecule is Cl.Cl.O=C(Nc1ccc2nc(N3CCNCC3)[nH]c(=O)c2c1)c1ccc(C2CCNCC2)cc1. The first-order valence-corrected chi connectivity index (χ1v) is 11.3. The van der Waals surface area contributed by atoms with Crippen LogP contribution < -0.4 is 26.4 Å². The van der Waals surface area contributed by atoms with E-state index in [0.29, 0.717) is 34.0 Å². The Kier molecular flexibility index (Phi) is 8.90. The number of fused-ring (bicyclic) bond motifs is 1. The summed E-state index contributed by atoms with van der Waals surface area (Å²) in [6.45, 7) is 5.42. The van der Waals surface area contributed by atoms with E-state index in [-0.39, 0.29) is 36.3 Å². The molecule has 34 heavy (non-hydrogen) atoms. The molecule has 10 heteroatoms. The summed E-state index contributed by atoms with van der Waals surface area (Å²) < 4.78 is 0. The fraction of sp³-hybridized carbons (Fsp3) is 0.375. The molecule has 0 spiro atoms. The van der Waals surface area contributed by atoms with Crippen LogP contribution in [0, 0.1) is 0 Å². The van der Waals surface area contributed by atoms with E-state index in [9.17, 15) is 9.59 Å². The molecule has 2 aromatic carbocycles. The molecule has 2 fully saturated rings. The molecule has 4 N–H and O–H groups in total. The van der Waals surface area contributed by atoms with Crippen LogP contribution in [0.1, 0.15) is 34.7 Å². The predicted octanol–water partition coefficient (Wildman–Crippen LogP) is 2.90. The van der Waals surface area contributed by atoms with Crippen LogP contribution in [0.3, 0.4) is 0 Å². The third kappa shape index (κ3) is 5.70. The van der Waals surface area contributed by atoms with Crippen LogP contribution in [-0.2, 0) is 0 Å². The second-order valence-electron chi connectivity index (χ2n) is 8.46. The van der Waals surface area contributed by atoms with Gasteiger partial charge in [0.2, 0.25) is 5.95 Å². The van der Waals surface area contributed by atoms with Crippen LogP contribution in [0.25, 0.3) is 10.9 Å². The molecule has 3 aromatic rings. The van der Waals surface area contributed by atoms with Crippen LogP contribution in [0.5, 0.6) is 0 Å². The van der Waals surface area contributed by atoms with Crippen molar-refractivity contribution in [1.82, 2.24) is 20.6 Å². The number of nitrogens with zero attached hydrogens (tertiary/aromatic N) is 2. The standard InChI is InChI=1S/C24H28N6O2.2ClH/c31-22(18-3-1-16(2-4-18)17-7-9-25-10-8-17)27-19-5-6-21-20(15-19)23(32)29-24(28-21)30-13-11-26-12-14-30;;/h1-6,15,17,25-26H,7-14H2,(H,27,31)(H,28,29,32);2*1H. The van der Waals surface area contributed by atoms with Crippen LogP contribution in [-0.4, -0.2) is 55.1 Å². The van der Waals surface area contributed by atoms with Crippen molar-refractivity contribution in [2.75, 3.05) is 49.5 Å². The van der Waals surface area contributed by atoms with Crippen molar-refractivity contribution in [2.45, 2.75) is 18.8 Å². The van der Waals surface area contributed by atoms with Gasteiger partial charge in [0.1, 0.15) is 0 Å². The molecular formula is C24H30Cl2N6O2. The minimum Gasteiger partial charge on any atom is -0.340 e. The summed E-state index contributed by atoms with van der Waals surface area (Å²) >= 11 is 0. The molecule has 0 radical (unpaired) electrons. The number of carbonyl (C=O) groups is 1. The molecule has 2 aliphatic heterocycles. The highest BCUT2D eigenvalue weighted by Gasteiger charge is 2.17. The summed E-state index contributed by atoms with van der Waals surface area (Å²) in [5.74, 6) is 0.955. The maximum absolute atomic E-state index is 12.7. The summed E-state index contributed by atoms with van der Waals surface area (Å²) in [5.41, 5.74) is 2.88. The van der Waals surface area contributed by atoms with Gasteiger partial charge in [-0.1, -0.05) is 12.1 Å². The second-order valence-corrected chi connectivity index (χ2v) is 8.46. The lowest BCUT2D eigenvalue weighted by Crippen LogP contribution is -2.44. The van der Waals surface area contributed by atoms with E-state index >= 15 is 0 Å². The average Bonchev–Trinajstić information content (AvgIpc) is 2.85. The first-order valence-electron chi connectivity index (χ1n) is 11.3. The lowest BCUT2D eigenvalue weighted by molar-refractivity contribution is 0.102. The lowest BCUT2D eigenvalue weighted by Gasteiger charge is -2.27. The van der Waals surface area contributed by atoms with Gasteiger partial charge in [-0.2, -0.15) is 0 Å². The number of anilines is 2. The molecule has 1 aromatic heterocycles. The van der Waals surface area contributed by atoms with Crippen LogP contribution in [0.4, 0.5) is 11.6 Å². The largest absolute Gasteiger partial charge is 0.340 e. The van der Waals surface area contributed by atoms with E-state index in [4.69, 9.17) is 0 Å². The number of piperazine rings is 1. The lowest BCUT2D eigenvalue weighted by atomic mass is 9.90. The Hall–Kier alpha value is -2.65. The molecule has 0 aliphatic carbocycles. The number of hydrogen-bond donors (Lipinski definition) is 4. The van der Waals surface area contributed by atoms with Gasteiger partial charge in [-0.15, -0.1) is 24.8 Å². The Labute approximate surface area is 210 Å². The molecule has 182 valence electrons. The third-order valence-corrected chi connectivity index (χ3v) is 6.35. The van der Waals surface area contributed by atoms with Gasteiger partial charge in [-0.25, -0.2) is 4.98 Å². The summed E-state index contributed by atoms with van der Waals surface area (Å²) in [4.78, 5) is 35.0. The molecule has 3 heterocycles. The number of amides is 1. The highest BCUT2D eigenvalue weighted by atomic mass is 35.5. The Morgan fingerprint density at radius 3 is 2.32 bits per heavy atom. The zero-order valence-electron chi connectivity index (χ0n) is 18.8. The predicted molar refractivity (Wildman–Crippen MR) is 141 cm³/mol. The van der Waals surface area contributed by atoms with Gasteiger partial charge < -0.3 is 20.9 Å². The zero-order chi connectivity index (χ0) is 21.9. The maximum atomic E-state index is 12.7. The minimum absolute atomic E-state index is 0. The number of nitrogens with one attached hydrogen (secondary N) is 4. The highest BCUT2D eigenvalue weighted by Crippen LogP contribution is 2.25. The van der Waals surface area contributed by atoms with Gasteiger partial charge in [-0.3, -0.25) is 14.6 Å². The second kappa shape index (κ2) is 11.7. The van der Waals surface area contributed by atoms with Crippen LogP contribution in [0.15, 0.2) is 47.3 Å². The molecule has 1 amide bonds. The van der Waals surface area contributed by atoms with Crippen molar-refractivity contribution in [1.29, 1.82) is 0 Å². The average molecular weight is 505 g/mol. The van der Waals surface area contributed by atoms with Crippen molar-refractivity contribution >= 4 is 53.3 Å². The first-order chi connectivity index (χ1) is 15.7. The Balaban J connectivity index is 0.00000162.